The Hall–Kier alpha value is -2.82. The maximum Gasteiger partial charge on any atom is 0.339 e. The van der Waals surface area contributed by atoms with Gasteiger partial charge in [0.1, 0.15) is 12.4 Å². The molecule has 0 aliphatic rings. The minimum atomic E-state index is -0.564. The molecule has 5 nitrogen and oxygen atoms in total. The first-order valence-electron chi connectivity index (χ1n) is 8.22. The van der Waals surface area contributed by atoms with Gasteiger partial charge >= 0.3 is 11.9 Å². The van der Waals surface area contributed by atoms with E-state index < -0.39 is 11.9 Å². The van der Waals surface area contributed by atoms with Gasteiger partial charge < -0.3 is 14.2 Å². The molecule has 0 aliphatic heterocycles. The zero-order valence-corrected chi connectivity index (χ0v) is 14.5. The average Bonchev–Trinajstić information content (AvgIpc) is 2.66. The van der Waals surface area contributed by atoms with Gasteiger partial charge in [-0.2, -0.15) is 0 Å². The number of unbranched alkanes of at least 4 members (excludes halogenated alkanes) is 1. The van der Waals surface area contributed by atoms with Crippen LogP contribution in [0, 0.1) is 0 Å². The van der Waals surface area contributed by atoms with Crippen molar-refractivity contribution in [2.75, 3.05) is 13.7 Å². The van der Waals surface area contributed by atoms with Crippen LogP contribution in [0.3, 0.4) is 0 Å². The summed E-state index contributed by atoms with van der Waals surface area (Å²) in [7, 11) is 1.57. The SMILES string of the molecule is CCCCOC(=O)c1ccccc1C(=O)OCc1cccc(OC)c1. The van der Waals surface area contributed by atoms with Gasteiger partial charge in [0.05, 0.1) is 24.8 Å². The summed E-state index contributed by atoms with van der Waals surface area (Å²) in [6, 6.07) is 13.8. The number of ether oxygens (including phenoxy) is 3. The van der Waals surface area contributed by atoms with Gasteiger partial charge in [-0.25, -0.2) is 9.59 Å². The molecule has 0 spiro atoms. The molecule has 5 heteroatoms. The van der Waals surface area contributed by atoms with Crippen molar-refractivity contribution in [3.05, 3.63) is 65.2 Å². The fourth-order valence-corrected chi connectivity index (χ4v) is 2.21. The van der Waals surface area contributed by atoms with Crippen LogP contribution in [-0.2, 0) is 16.1 Å². The van der Waals surface area contributed by atoms with Gasteiger partial charge in [-0.05, 0) is 36.2 Å². The molecule has 0 aromatic heterocycles. The van der Waals surface area contributed by atoms with Gasteiger partial charge in [0.25, 0.3) is 0 Å². The molecule has 0 heterocycles. The van der Waals surface area contributed by atoms with E-state index in [-0.39, 0.29) is 17.7 Å². The molecule has 0 saturated heterocycles. The fraction of sp³-hybridized carbons (Fsp3) is 0.300. The van der Waals surface area contributed by atoms with Crippen molar-refractivity contribution < 1.29 is 23.8 Å². The highest BCUT2D eigenvalue weighted by atomic mass is 16.5. The minimum Gasteiger partial charge on any atom is -0.497 e. The number of hydrogen-bond donors (Lipinski definition) is 0. The van der Waals surface area contributed by atoms with Crippen molar-refractivity contribution in [1.82, 2.24) is 0 Å². The van der Waals surface area contributed by atoms with E-state index in [1.165, 1.54) is 0 Å². The first kappa shape index (κ1) is 18.5. The van der Waals surface area contributed by atoms with Gasteiger partial charge in [0.15, 0.2) is 0 Å². The summed E-state index contributed by atoms with van der Waals surface area (Å²) < 4.78 is 15.7. The molecule has 132 valence electrons. The lowest BCUT2D eigenvalue weighted by Gasteiger charge is -2.10. The quantitative estimate of drug-likeness (QED) is 0.536. The lowest BCUT2D eigenvalue weighted by molar-refractivity contribution is 0.0437. The van der Waals surface area contributed by atoms with Crippen LogP contribution in [-0.4, -0.2) is 25.7 Å². The Morgan fingerprint density at radius 1 is 0.920 bits per heavy atom. The summed E-state index contributed by atoms with van der Waals surface area (Å²) in [5.74, 6) is -0.387. The zero-order chi connectivity index (χ0) is 18.1. The zero-order valence-electron chi connectivity index (χ0n) is 14.5. The number of carbonyl (C=O) groups excluding carboxylic acids is 2. The summed E-state index contributed by atoms with van der Waals surface area (Å²) in [5, 5.41) is 0. The standard InChI is InChI=1S/C20H22O5/c1-3-4-12-24-19(21)17-10-5-6-11-18(17)20(22)25-14-15-8-7-9-16(13-15)23-2/h5-11,13H,3-4,12,14H2,1-2H3. The molecule has 2 aromatic carbocycles. The summed E-state index contributed by atoms with van der Waals surface area (Å²) in [5.41, 5.74) is 1.22. The van der Waals surface area contributed by atoms with Gasteiger partial charge in [-0.15, -0.1) is 0 Å². The Morgan fingerprint density at radius 3 is 2.24 bits per heavy atom. The number of carbonyl (C=O) groups is 2. The molecule has 0 aliphatic carbocycles. The highest BCUT2D eigenvalue weighted by molar-refractivity contribution is 6.03. The second-order valence-electron chi connectivity index (χ2n) is 5.46. The third-order valence-electron chi connectivity index (χ3n) is 3.60. The summed E-state index contributed by atoms with van der Waals surface area (Å²) >= 11 is 0. The Labute approximate surface area is 147 Å². The smallest absolute Gasteiger partial charge is 0.339 e. The molecular formula is C20H22O5. The molecule has 0 N–H and O–H groups in total. The minimum absolute atomic E-state index is 0.0925. The normalized spacial score (nSPS) is 10.2. The lowest BCUT2D eigenvalue weighted by atomic mass is 10.1. The van der Waals surface area contributed by atoms with Crippen molar-refractivity contribution in [2.45, 2.75) is 26.4 Å². The second kappa shape index (κ2) is 9.47. The predicted molar refractivity (Wildman–Crippen MR) is 93.7 cm³/mol. The summed E-state index contributed by atoms with van der Waals surface area (Å²) in [6.07, 6.45) is 1.71. The summed E-state index contributed by atoms with van der Waals surface area (Å²) in [4.78, 5) is 24.5. The van der Waals surface area contributed by atoms with Crippen molar-refractivity contribution in [2.24, 2.45) is 0 Å². The van der Waals surface area contributed by atoms with Gasteiger partial charge in [-0.1, -0.05) is 37.6 Å². The topological polar surface area (TPSA) is 61.8 Å². The molecule has 2 rings (SSSR count). The van der Waals surface area contributed by atoms with E-state index >= 15 is 0 Å². The molecule has 0 atom stereocenters. The van der Waals surface area contributed by atoms with E-state index in [4.69, 9.17) is 14.2 Å². The molecule has 25 heavy (non-hydrogen) atoms. The van der Waals surface area contributed by atoms with Crippen LogP contribution >= 0.6 is 0 Å². The van der Waals surface area contributed by atoms with E-state index in [0.29, 0.717) is 12.4 Å². The van der Waals surface area contributed by atoms with Crippen LogP contribution in [0.25, 0.3) is 0 Å². The Balaban J connectivity index is 2.04. The number of hydrogen-bond acceptors (Lipinski definition) is 5. The van der Waals surface area contributed by atoms with E-state index in [1.807, 2.05) is 25.1 Å². The first-order valence-corrected chi connectivity index (χ1v) is 8.22. The number of rotatable bonds is 8. The van der Waals surface area contributed by atoms with Crippen molar-refractivity contribution in [1.29, 1.82) is 0 Å². The van der Waals surface area contributed by atoms with Crippen LogP contribution in [0.2, 0.25) is 0 Å². The number of methoxy groups -OCH3 is 1. The van der Waals surface area contributed by atoms with Gasteiger partial charge in [0.2, 0.25) is 0 Å². The largest absolute Gasteiger partial charge is 0.497 e. The third-order valence-corrected chi connectivity index (χ3v) is 3.60. The monoisotopic (exact) mass is 342 g/mol. The van der Waals surface area contributed by atoms with E-state index in [1.54, 1.807) is 37.4 Å². The first-order chi connectivity index (χ1) is 12.2. The molecule has 2 aromatic rings. The summed E-state index contributed by atoms with van der Waals surface area (Å²) in [6.45, 7) is 2.44. The van der Waals surface area contributed by atoms with Crippen molar-refractivity contribution in [3.8, 4) is 5.75 Å². The molecule has 0 bridgehead atoms. The number of esters is 2. The maximum absolute atomic E-state index is 12.4. The number of benzene rings is 2. The van der Waals surface area contributed by atoms with E-state index in [0.717, 1.165) is 18.4 Å². The Kier molecular flexibility index (Phi) is 7.01. The van der Waals surface area contributed by atoms with Gasteiger partial charge in [0, 0.05) is 0 Å². The molecule has 0 amide bonds. The Bertz CT molecular complexity index is 724. The molecule has 0 saturated carbocycles. The molecule has 0 unspecified atom stereocenters. The van der Waals surface area contributed by atoms with Crippen LogP contribution in [0.4, 0.5) is 0 Å². The van der Waals surface area contributed by atoms with Crippen molar-refractivity contribution in [3.63, 3.8) is 0 Å². The van der Waals surface area contributed by atoms with Crippen LogP contribution in [0.1, 0.15) is 46.0 Å². The average molecular weight is 342 g/mol. The highest BCUT2D eigenvalue weighted by Crippen LogP contribution is 2.16. The second-order valence-corrected chi connectivity index (χ2v) is 5.46. The maximum atomic E-state index is 12.4. The van der Waals surface area contributed by atoms with E-state index in [9.17, 15) is 9.59 Å². The molecule has 0 radical (unpaired) electrons. The van der Waals surface area contributed by atoms with Gasteiger partial charge in [-0.3, -0.25) is 0 Å². The lowest BCUT2D eigenvalue weighted by Crippen LogP contribution is -2.14. The highest BCUT2D eigenvalue weighted by Gasteiger charge is 2.19. The fourth-order valence-electron chi connectivity index (χ4n) is 2.21. The predicted octanol–water partition coefficient (Wildman–Crippen LogP) is 4.01. The van der Waals surface area contributed by atoms with Crippen LogP contribution < -0.4 is 4.74 Å². The Morgan fingerprint density at radius 2 is 1.60 bits per heavy atom. The van der Waals surface area contributed by atoms with E-state index in [2.05, 4.69) is 0 Å². The van der Waals surface area contributed by atoms with Crippen LogP contribution in [0.15, 0.2) is 48.5 Å². The van der Waals surface area contributed by atoms with Crippen LogP contribution in [0.5, 0.6) is 5.75 Å². The molecular weight excluding hydrogens is 320 g/mol. The third kappa shape index (κ3) is 5.35. The van der Waals surface area contributed by atoms with Crippen molar-refractivity contribution >= 4 is 11.9 Å². The molecule has 0 fully saturated rings.